The minimum atomic E-state index is -1.03. The van der Waals surface area contributed by atoms with Crippen molar-refractivity contribution >= 4 is 51.1 Å². The van der Waals surface area contributed by atoms with E-state index < -0.39 is 5.54 Å². The third kappa shape index (κ3) is 5.33. The predicted molar refractivity (Wildman–Crippen MR) is 130 cm³/mol. The third-order valence-electron chi connectivity index (χ3n) is 5.61. The maximum absolute atomic E-state index is 13.7. The number of carbonyl (C=O) groups excluding carboxylic acids is 3. The lowest BCUT2D eigenvalue weighted by Gasteiger charge is -2.32. The van der Waals surface area contributed by atoms with Gasteiger partial charge in [-0.3, -0.25) is 9.59 Å². The fourth-order valence-corrected chi connectivity index (χ4v) is 4.57. The van der Waals surface area contributed by atoms with E-state index in [-0.39, 0.29) is 17.8 Å². The Kier molecular flexibility index (Phi) is 7.62. The van der Waals surface area contributed by atoms with Crippen LogP contribution in [0, 0.1) is 6.92 Å². The molecule has 1 N–H and O–H groups in total. The van der Waals surface area contributed by atoms with Crippen molar-refractivity contribution in [1.29, 1.82) is 0 Å². The number of amides is 4. The highest BCUT2D eigenvalue weighted by atomic mass is 79.9. The predicted octanol–water partition coefficient (Wildman–Crippen LogP) is 5.10. The number of rotatable bonds is 8. The van der Waals surface area contributed by atoms with E-state index in [2.05, 4.69) is 21.2 Å². The van der Waals surface area contributed by atoms with Gasteiger partial charge in [0.1, 0.15) is 5.54 Å². The lowest BCUT2D eigenvalue weighted by molar-refractivity contribution is -0.124. The van der Waals surface area contributed by atoms with E-state index in [1.807, 2.05) is 38.1 Å². The van der Waals surface area contributed by atoms with Crippen molar-refractivity contribution < 1.29 is 14.4 Å². The normalized spacial score (nSPS) is 18.4. The highest BCUT2D eigenvalue weighted by Crippen LogP contribution is 2.36. The van der Waals surface area contributed by atoms with E-state index in [9.17, 15) is 14.4 Å². The van der Waals surface area contributed by atoms with Crippen LogP contribution in [0.5, 0.6) is 0 Å². The van der Waals surface area contributed by atoms with Gasteiger partial charge in [0.25, 0.3) is 5.91 Å². The van der Waals surface area contributed by atoms with Crippen LogP contribution in [-0.4, -0.2) is 41.4 Å². The molecule has 32 heavy (non-hydrogen) atoms. The summed E-state index contributed by atoms with van der Waals surface area (Å²) in [5.74, 6) is -0.353. The van der Waals surface area contributed by atoms with Crippen molar-refractivity contribution in [3.63, 3.8) is 0 Å². The lowest BCUT2D eigenvalue weighted by atomic mass is 9.91. The molecule has 0 unspecified atom stereocenters. The zero-order valence-corrected chi connectivity index (χ0v) is 20.8. The summed E-state index contributed by atoms with van der Waals surface area (Å²) in [7, 11) is 0. The Morgan fingerprint density at radius 1 is 1.12 bits per heavy atom. The number of carbonyl (C=O) groups is 3. The van der Waals surface area contributed by atoms with Crippen molar-refractivity contribution in [2.75, 3.05) is 18.0 Å². The molecule has 0 aliphatic carbocycles. The zero-order valence-electron chi connectivity index (χ0n) is 18.5. The number of halogens is 2. The molecule has 170 valence electrons. The molecule has 6 nitrogen and oxygen atoms in total. The summed E-state index contributed by atoms with van der Waals surface area (Å²) in [6.07, 6.45) is 1.77. The molecule has 1 heterocycles. The van der Waals surface area contributed by atoms with Gasteiger partial charge < -0.3 is 10.2 Å². The van der Waals surface area contributed by atoms with Crippen LogP contribution in [-0.2, 0) is 16.0 Å². The number of nitrogens with one attached hydrogen (secondary N) is 1. The molecule has 0 aromatic heterocycles. The van der Waals surface area contributed by atoms with Crippen molar-refractivity contribution in [1.82, 2.24) is 10.2 Å². The Labute approximate surface area is 202 Å². The van der Waals surface area contributed by atoms with Crippen LogP contribution in [0.3, 0.4) is 0 Å². The number of anilines is 1. The second kappa shape index (κ2) is 10.0. The minimum Gasteiger partial charge on any atom is -0.356 e. The molecule has 1 saturated heterocycles. The fraction of sp³-hybridized carbons (Fsp3) is 0.375. The topological polar surface area (TPSA) is 69.7 Å². The molecule has 1 aliphatic rings. The number of benzene rings is 2. The van der Waals surface area contributed by atoms with E-state index in [1.165, 1.54) is 11.8 Å². The molecule has 1 aliphatic heterocycles. The fourth-order valence-electron chi connectivity index (χ4n) is 4.02. The molecule has 0 bridgehead atoms. The minimum absolute atomic E-state index is 0.0833. The summed E-state index contributed by atoms with van der Waals surface area (Å²) in [5.41, 5.74) is 1.28. The monoisotopic (exact) mass is 519 g/mol. The molecule has 2 aromatic carbocycles. The molecule has 4 amide bonds. The van der Waals surface area contributed by atoms with Gasteiger partial charge in [-0.15, -0.1) is 0 Å². The first-order valence-electron chi connectivity index (χ1n) is 10.5. The van der Waals surface area contributed by atoms with Gasteiger partial charge in [-0.2, -0.15) is 0 Å². The van der Waals surface area contributed by atoms with Gasteiger partial charge in [-0.1, -0.05) is 39.7 Å². The zero-order chi connectivity index (χ0) is 23.5. The molecule has 3 rings (SSSR count). The van der Waals surface area contributed by atoms with Crippen LogP contribution >= 0.6 is 27.5 Å². The van der Waals surface area contributed by atoms with Gasteiger partial charge in [0, 0.05) is 35.9 Å². The van der Waals surface area contributed by atoms with Crippen LogP contribution in [0.2, 0.25) is 5.02 Å². The van der Waals surface area contributed by atoms with Crippen LogP contribution in [0.25, 0.3) is 0 Å². The molecular weight excluding hydrogens is 494 g/mol. The summed E-state index contributed by atoms with van der Waals surface area (Å²) < 4.78 is 0.950. The Morgan fingerprint density at radius 3 is 2.44 bits per heavy atom. The Hall–Kier alpha value is -2.38. The average molecular weight is 521 g/mol. The van der Waals surface area contributed by atoms with Gasteiger partial charge in [0.2, 0.25) is 5.91 Å². The average Bonchev–Trinajstić information content (AvgIpc) is 2.88. The SMILES string of the molecule is CC(=O)NCCCCN1C(=O)N(c2cc(C)cc(Cl)c2)C(=O)[C@@]1(C)Cc1ccc(Br)cc1. The smallest absolute Gasteiger partial charge is 0.332 e. The molecule has 1 atom stereocenters. The standard InChI is InChI=1S/C24H27BrClN3O3/c1-16-12-20(26)14-21(13-16)29-22(31)24(3,15-18-6-8-19(25)9-7-18)28(23(29)32)11-5-4-10-27-17(2)30/h6-9,12-14H,4-5,10-11,15H2,1-3H3,(H,27,30)/t24-/m1/s1. The first kappa shape index (κ1) is 24.3. The molecule has 0 radical (unpaired) electrons. The highest BCUT2D eigenvalue weighted by molar-refractivity contribution is 9.10. The Bertz CT molecular complexity index is 1010. The van der Waals surface area contributed by atoms with Gasteiger partial charge in [-0.05, 0) is 68.1 Å². The van der Waals surface area contributed by atoms with Crippen molar-refractivity contribution in [3.8, 4) is 0 Å². The summed E-state index contributed by atoms with van der Waals surface area (Å²) >= 11 is 9.65. The van der Waals surface area contributed by atoms with E-state index in [0.29, 0.717) is 43.1 Å². The third-order valence-corrected chi connectivity index (χ3v) is 6.36. The quantitative estimate of drug-likeness (QED) is 0.389. The van der Waals surface area contributed by atoms with E-state index >= 15 is 0 Å². The van der Waals surface area contributed by atoms with Crippen molar-refractivity contribution in [2.45, 2.75) is 45.6 Å². The molecule has 0 spiro atoms. The number of imide groups is 1. The summed E-state index contributed by atoms with van der Waals surface area (Å²) in [6, 6.07) is 12.6. The number of aryl methyl sites for hydroxylation is 1. The molecular formula is C24H27BrClN3O3. The number of hydrogen-bond donors (Lipinski definition) is 1. The lowest BCUT2D eigenvalue weighted by Crippen LogP contribution is -2.49. The van der Waals surface area contributed by atoms with Gasteiger partial charge in [-0.25, -0.2) is 9.69 Å². The maximum Gasteiger partial charge on any atom is 0.332 e. The van der Waals surface area contributed by atoms with Crippen molar-refractivity contribution in [3.05, 3.63) is 63.1 Å². The number of unbranched alkanes of at least 4 members (excludes halogenated alkanes) is 1. The van der Waals surface area contributed by atoms with Crippen LogP contribution in [0.4, 0.5) is 10.5 Å². The number of nitrogens with zero attached hydrogens (tertiary/aromatic N) is 2. The second-order valence-corrected chi connectivity index (χ2v) is 9.68. The molecule has 8 heteroatoms. The Morgan fingerprint density at radius 2 is 1.81 bits per heavy atom. The largest absolute Gasteiger partial charge is 0.356 e. The van der Waals surface area contributed by atoms with Crippen LogP contribution in [0.1, 0.15) is 37.8 Å². The first-order chi connectivity index (χ1) is 15.1. The first-order valence-corrected chi connectivity index (χ1v) is 11.7. The van der Waals surface area contributed by atoms with Crippen molar-refractivity contribution in [2.24, 2.45) is 0 Å². The van der Waals surface area contributed by atoms with Gasteiger partial charge in [0.05, 0.1) is 5.69 Å². The molecule has 2 aromatic rings. The summed E-state index contributed by atoms with van der Waals surface area (Å²) in [4.78, 5) is 41.2. The maximum atomic E-state index is 13.7. The number of urea groups is 1. The second-order valence-electron chi connectivity index (χ2n) is 8.33. The highest BCUT2D eigenvalue weighted by Gasteiger charge is 2.54. The number of hydrogen-bond acceptors (Lipinski definition) is 3. The molecule has 1 fully saturated rings. The summed E-state index contributed by atoms with van der Waals surface area (Å²) in [5, 5.41) is 3.24. The van der Waals surface area contributed by atoms with Gasteiger partial charge in [0.15, 0.2) is 0 Å². The van der Waals surface area contributed by atoms with E-state index in [1.54, 1.807) is 23.1 Å². The van der Waals surface area contributed by atoms with Gasteiger partial charge >= 0.3 is 6.03 Å². The molecule has 0 saturated carbocycles. The summed E-state index contributed by atoms with van der Waals surface area (Å²) in [6.45, 7) is 6.11. The van der Waals surface area contributed by atoms with E-state index in [4.69, 9.17) is 11.6 Å². The Balaban J connectivity index is 1.90. The van der Waals surface area contributed by atoms with E-state index in [0.717, 1.165) is 15.6 Å². The van der Waals surface area contributed by atoms with Crippen LogP contribution in [0.15, 0.2) is 46.9 Å². The van der Waals surface area contributed by atoms with Crippen LogP contribution < -0.4 is 10.2 Å².